The van der Waals surface area contributed by atoms with E-state index in [4.69, 9.17) is 33.7 Å². The lowest BCUT2D eigenvalue weighted by molar-refractivity contribution is 0.0904. The number of hydrogen-bond acceptors (Lipinski definition) is 11. The van der Waals surface area contributed by atoms with Crippen molar-refractivity contribution in [3.8, 4) is 28.7 Å². The quantitative estimate of drug-likeness (QED) is 0.193. The van der Waals surface area contributed by atoms with Crippen molar-refractivity contribution in [3.05, 3.63) is 102 Å². The molecule has 0 unspecified atom stereocenters. The van der Waals surface area contributed by atoms with Crippen molar-refractivity contribution in [2.45, 2.75) is 20.0 Å². The average molecular weight is 637 g/mol. The molecule has 11 heteroatoms. The molecule has 4 aromatic carbocycles. The summed E-state index contributed by atoms with van der Waals surface area (Å²) in [6.07, 6.45) is 0. The van der Waals surface area contributed by atoms with Gasteiger partial charge in [-0.05, 0) is 61.0 Å². The topological polar surface area (TPSA) is 101 Å². The zero-order chi connectivity index (χ0) is 32.6. The number of hydrazine groups is 1. The van der Waals surface area contributed by atoms with Crippen molar-refractivity contribution in [1.29, 1.82) is 0 Å². The summed E-state index contributed by atoms with van der Waals surface area (Å²) in [5, 5.41) is 11.2. The van der Waals surface area contributed by atoms with E-state index in [-0.39, 0.29) is 0 Å². The molecule has 0 saturated carbocycles. The van der Waals surface area contributed by atoms with E-state index in [1.165, 1.54) is 5.56 Å². The highest BCUT2D eigenvalue weighted by atomic mass is 16.5. The summed E-state index contributed by atoms with van der Waals surface area (Å²) in [4.78, 5) is 9.98. The number of methoxy groups -OCH3 is 3. The van der Waals surface area contributed by atoms with Crippen LogP contribution in [-0.4, -0.2) is 69.6 Å². The number of fused-ring (bicyclic) bond motifs is 2. The second kappa shape index (κ2) is 14.7. The van der Waals surface area contributed by atoms with Gasteiger partial charge in [-0.15, -0.1) is 0 Å². The second-order valence-electron chi connectivity index (χ2n) is 11.0. The molecule has 0 amide bonds. The number of aliphatic imine (C=N–C) groups is 2. The van der Waals surface area contributed by atoms with E-state index in [0.717, 1.165) is 28.3 Å². The van der Waals surface area contributed by atoms with Crippen molar-refractivity contribution >= 4 is 23.3 Å². The highest BCUT2D eigenvalue weighted by molar-refractivity contribution is 6.00. The number of nitrogens with zero attached hydrogens (tertiary/aromatic N) is 4. The molecule has 0 bridgehead atoms. The number of nitrogens with one attached hydrogen (secondary N) is 2. The Bertz CT molecular complexity index is 1760. The fourth-order valence-electron chi connectivity index (χ4n) is 5.50. The molecule has 4 aromatic rings. The average Bonchev–Trinajstić information content (AvgIpc) is 3.12. The van der Waals surface area contributed by atoms with E-state index in [1.807, 2.05) is 66.7 Å². The Labute approximate surface area is 275 Å². The Balaban J connectivity index is 1.31. The lowest BCUT2D eigenvalue weighted by Crippen LogP contribution is -2.57. The molecule has 0 saturated heterocycles. The van der Waals surface area contributed by atoms with E-state index in [9.17, 15) is 0 Å². The highest BCUT2D eigenvalue weighted by Gasteiger charge is 2.28. The highest BCUT2D eigenvalue weighted by Crippen LogP contribution is 2.30. The molecular weight excluding hydrogens is 596 g/mol. The number of guanidine groups is 2. The summed E-state index contributed by atoms with van der Waals surface area (Å²) in [5.74, 6) is 4.78. The minimum Gasteiger partial charge on any atom is -0.497 e. The number of benzene rings is 4. The molecule has 0 aromatic heterocycles. The molecule has 0 fully saturated rings. The predicted octanol–water partition coefficient (Wildman–Crippen LogP) is 5.96. The fraction of sp³-hybridized carbons (Fsp3) is 0.278. The smallest absolute Gasteiger partial charge is 0.218 e. The second-order valence-corrected chi connectivity index (χ2v) is 11.0. The van der Waals surface area contributed by atoms with Crippen molar-refractivity contribution in [2.75, 3.05) is 58.3 Å². The third kappa shape index (κ3) is 7.30. The van der Waals surface area contributed by atoms with Gasteiger partial charge in [0.15, 0.2) is 23.0 Å². The van der Waals surface area contributed by atoms with Gasteiger partial charge in [-0.25, -0.2) is 20.0 Å². The Hall–Kier alpha value is -5.58. The van der Waals surface area contributed by atoms with Gasteiger partial charge < -0.3 is 34.3 Å². The molecule has 0 atom stereocenters. The number of para-hydroxylation sites is 4. The Morgan fingerprint density at radius 3 is 1.60 bits per heavy atom. The minimum atomic E-state index is 0.337. The van der Waals surface area contributed by atoms with Crippen LogP contribution in [-0.2, 0) is 13.1 Å². The fourth-order valence-corrected chi connectivity index (χ4v) is 5.50. The van der Waals surface area contributed by atoms with Gasteiger partial charge in [0.05, 0.1) is 47.5 Å². The SMILES string of the molecule is COc1ccc2c(c1)CN=C(N(CCOc1ccccc1OC)N(CCOc1ccccc1OC)C1=NCc3cc(C)ccc3N1)N2. The van der Waals surface area contributed by atoms with Crippen LogP contribution in [0.2, 0.25) is 0 Å². The Morgan fingerprint density at radius 2 is 1.09 bits per heavy atom. The first-order valence-corrected chi connectivity index (χ1v) is 15.5. The maximum absolute atomic E-state index is 6.26. The molecule has 244 valence electrons. The lowest BCUT2D eigenvalue weighted by Gasteiger charge is -2.40. The lowest BCUT2D eigenvalue weighted by atomic mass is 10.1. The van der Waals surface area contributed by atoms with Gasteiger partial charge in [0, 0.05) is 16.9 Å². The summed E-state index contributed by atoms with van der Waals surface area (Å²) < 4.78 is 29.0. The van der Waals surface area contributed by atoms with Crippen molar-refractivity contribution in [3.63, 3.8) is 0 Å². The third-order valence-electron chi connectivity index (χ3n) is 7.90. The number of aryl methyl sites for hydroxylation is 1. The van der Waals surface area contributed by atoms with Gasteiger partial charge in [-0.2, -0.15) is 0 Å². The van der Waals surface area contributed by atoms with Crippen LogP contribution in [0.25, 0.3) is 0 Å². The molecule has 2 aliphatic rings. The van der Waals surface area contributed by atoms with Gasteiger partial charge in [-0.3, -0.25) is 0 Å². The van der Waals surface area contributed by atoms with Crippen LogP contribution in [0, 0.1) is 6.92 Å². The Morgan fingerprint density at radius 1 is 0.596 bits per heavy atom. The zero-order valence-electron chi connectivity index (χ0n) is 27.2. The number of rotatable bonds is 11. The molecule has 0 aliphatic carbocycles. The number of anilines is 2. The van der Waals surface area contributed by atoms with E-state index in [0.29, 0.717) is 74.3 Å². The van der Waals surface area contributed by atoms with Crippen LogP contribution >= 0.6 is 0 Å². The van der Waals surface area contributed by atoms with Crippen LogP contribution in [0.4, 0.5) is 11.4 Å². The predicted molar refractivity (Wildman–Crippen MR) is 184 cm³/mol. The molecular formula is C36H40N6O5. The summed E-state index contributed by atoms with van der Waals surface area (Å²) in [6.45, 7) is 4.66. The van der Waals surface area contributed by atoms with Crippen LogP contribution in [0.5, 0.6) is 28.7 Å². The van der Waals surface area contributed by atoms with E-state index >= 15 is 0 Å². The van der Waals surface area contributed by atoms with E-state index in [2.05, 4.69) is 45.8 Å². The van der Waals surface area contributed by atoms with Gasteiger partial charge in [0.25, 0.3) is 0 Å². The molecule has 0 radical (unpaired) electrons. The monoisotopic (exact) mass is 636 g/mol. The van der Waals surface area contributed by atoms with Gasteiger partial charge >= 0.3 is 0 Å². The van der Waals surface area contributed by atoms with Crippen molar-refractivity contribution in [2.24, 2.45) is 9.98 Å². The standard InChI is InChI=1S/C36H40N6O5/c1-25-13-15-29-26(21-25)23-37-35(39-29)41(17-19-46-33-11-7-5-9-31(33)44-3)42(18-20-47-34-12-8-6-10-32(34)45-4)36-38-24-27-22-28(43-2)14-16-30(27)40-36/h5-16,21-22H,17-20,23-24H2,1-4H3,(H,37,39)(H,38,40). The summed E-state index contributed by atoms with van der Waals surface area (Å²) in [6, 6.07) is 27.6. The molecule has 2 N–H and O–H groups in total. The minimum absolute atomic E-state index is 0.337. The molecule has 6 rings (SSSR count). The van der Waals surface area contributed by atoms with Crippen LogP contribution in [0.15, 0.2) is 94.9 Å². The number of ether oxygens (including phenoxy) is 5. The maximum Gasteiger partial charge on any atom is 0.218 e. The zero-order valence-corrected chi connectivity index (χ0v) is 27.2. The molecule has 2 aliphatic heterocycles. The molecule has 47 heavy (non-hydrogen) atoms. The van der Waals surface area contributed by atoms with Gasteiger partial charge in [-0.1, -0.05) is 42.0 Å². The van der Waals surface area contributed by atoms with Gasteiger partial charge in [0.1, 0.15) is 19.0 Å². The van der Waals surface area contributed by atoms with Crippen molar-refractivity contribution in [1.82, 2.24) is 10.0 Å². The Kier molecular flexibility index (Phi) is 9.81. The first-order chi connectivity index (χ1) is 23.1. The molecule has 0 spiro atoms. The molecule has 11 nitrogen and oxygen atoms in total. The first kappa shape index (κ1) is 31.4. The molecule has 2 heterocycles. The van der Waals surface area contributed by atoms with E-state index < -0.39 is 0 Å². The third-order valence-corrected chi connectivity index (χ3v) is 7.90. The number of hydrogen-bond donors (Lipinski definition) is 2. The normalized spacial score (nSPS) is 13.0. The summed E-state index contributed by atoms with van der Waals surface area (Å²) in [7, 11) is 4.94. The van der Waals surface area contributed by atoms with Crippen LogP contribution < -0.4 is 34.3 Å². The largest absolute Gasteiger partial charge is 0.497 e. The maximum atomic E-state index is 6.26. The van der Waals surface area contributed by atoms with Gasteiger partial charge in [0.2, 0.25) is 11.9 Å². The first-order valence-electron chi connectivity index (χ1n) is 15.5. The van der Waals surface area contributed by atoms with E-state index in [1.54, 1.807) is 21.3 Å². The van der Waals surface area contributed by atoms with Crippen molar-refractivity contribution < 1.29 is 23.7 Å². The summed E-state index contributed by atoms with van der Waals surface area (Å²) in [5.41, 5.74) is 5.34. The summed E-state index contributed by atoms with van der Waals surface area (Å²) >= 11 is 0. The van der Waals surface area contributed by atoms with Crippen LogP contribution in [0.3, 0.4) is 0 Å². The van der Waals surface area contributed by atoms with Crippen LogP contribution in [0.1, 0.15) is 16.7 Å².